The molecule has 0 bridgehead atoms. The molecule has 1 aromatic heterocycles. The minimum Gasteiger partial charge on any atom is -0.324 e. The molecule has 9 aromatic rings. The van der Waals surface area contributed by atoms with Crippen LogP contribution in [0.5, 0.6) is 0 Å². The highest BCUT2D eigenvalue weighted by molar-refractivity contribution is 6.16. The number of fused-ring (bicyclic) bond motifs is 4. The first-order valence-electron chi connectivity index (χ1n) is 18.0. The van der Waals surface area contributed by atoms with Gasteiger partial charge in [-0.15, -0.1) is 0 Å². The molecule has 0 amide bonds. The lowest BCUT2D eigenvalue weighted by Crippen LogP contribution is -2.36. The minimum absolute atomic E-state index is 0.418. The van der Waals surface area contributed by atoms with Gasteiger partial charge in [-0.1, -0.05) is 152 Å². The molecule has 1 aliphatic heterocycles. The molecule has 10 rings (SSSR count). The summed E-state index contributed by atoms with van der Waals surface area (Å²) in [5.41, 5.74) is 11.3. The summed E-state index contributed by atoms with van der Waals surface area (Å²) in [4.78, 5) is 10.4. The predicted molar refractivity (Wildman–Crippen MR) is 221 cm³/mol. The third-order valence-electron chi connectivity index (χ3n) is 10.2. The second-order valence-electron chi connectivity index (χ2n) is 13.5. The van der Waals surface area contributed by atoms with Crippen LogP contribution in [0.4, 0.5) is 0 Å². The maximum atomic E-state index is 5.25. The highest BCUT2D eigenvalue weighted by Gasteiger charge is 2.21. The Bertz CT molecular complexity index is 2810. The van der Waals surface area contributed by atoms with Gasteiger partial charge in [-0.2, -0.15) is 0 Å². The minimum atomic E-state index is -0.418. The second kappa shape index (κ2) is 12.9. The molecule has 0 spiro atoms. The van der Waals surface area contributed by atoms with Crippen LogP contribution in [0.15, 0.2) is 204 Å². The number of rotatable bonds is 6. The van der Waals surface area contributed by atoms with E-state index in [-0.39, 0.29) is 0 Å². The van der Waals surface area contributed by atoms with Crippen LogP contribution in [-0.2, 0) is 0 Å². The average molecular weight is 679 g/mol. The number of nitrogens with one attached hydrogen (secondary N) is 1. The molecule has 0 saturated carbocycles. The molecule has 1 aliphatic rings. The fraction of sp³-hybridized carbons (Fsp3) is 0.0204. The van der Waals surface area contributed by atoms with E-state index in [0.717, 1.165) is 50.6 Å². The molecule has 4 nitrogen and oxygen atoms in total. The van der Waals surface area contributed by atoms with Gasteiger partial charge in [-0.25, -0.2) is 9.98 Å². The lowest BCUT2D eigenvalue weighted by Gasteiger charge is -2.23. The fourth-order valence-corrected chi connectivity index (χ4v) is 7.60. The van der Waals surface area contributed by atoms with Crippen LogP contribution >= 0.6 is 0 Å². The summed E-state index contributed by atoms with van der Waals surface area (Å²) in [6.45, 7) is 0. The van der Waals surface area contributed by atoms with Gasteiger partial charge >= 0.3 is 0 Å². The molecular formula is C49H34N4. The smallest absolute Gasteiger partial charge is 0.169 e. The number of hydrogen-bond donors (Lipinski definition) is 1. The van der Waals surface area contributed by atoms with E-state index >= 15 is 0 Å². The quantitative estimate of drug-likeness (QED) is 0.187. The predicted octanol–water partition coefficient (Wildman–Crippen LogP) is 11.8. The first-order chi connectivity index (χ1) is 26.2. The van der Waals surface area contributed by atoms with Crippen LogP contribution in [0, 0.1) is 0 Å². The first-order valence-corrected chi connectivity index (χ1v) is 18.0. The van der Waals surface area contributed by atoms with Crippen LogP contribution in [0.2, 0.25) is 0 Å². The molecule has 8 aromatic carbocycles. The van der Waals surface area contributed by atoms with Crippen molar-refractivity contribution in [2.45, 2.75) is 6.17 Å². The Balaban J connectivity index is 1.04. The lowest BCUT2D eigenvalue weighted by atomic mass is 9.99. The van der Waals surface area contributed by atoms with E-state index in [1.165, 1.54) is 38.3 Å². The van der Waals surface area contributed by atoms with Crippen molar-refractivity contribution in [2.75, 3.05) is 0 Å². The van der Waals surface area contributed by atoms with Crippen LogP contribution in [0.1, 0.15) is 22.9 Å². The topological polar surface area (TPSA) is 41.7 Å². The van der Waals surface area contributed by atoms with Gasteiger partial charge in [0, 0.05) is 27.6 Å². The van der Waals surface area contributed by atoms with E-state index in [2.05, 4.69) is 186 Å². The molecule has 4 heteroatoms. The summed E-state index contributed by atoms with van der Waals surface area (Å²) in [5.74, 6) is 1.61. The van der Waals surface area contributed by atoms with Gasteiger partial charge in [0.2, 0.25) is 0 Å². The number of aliphatic imine (C=N–C) groups is 2. The Hall–Kier alpha value is -7.04. The van der Waals surface area contributed by atoms with Gasteiger partial charge in [0.05, 0.1) is 11.0 Å². The fourth-order valence-electron chi connectivity index (χ4n) is 7.60. The van der Waals surface area contributed by atoms with Crippen molar-refractivity contribution in [1.29, 1.82) is 0 Å². The molecule has 53 heavy (non-hydrogen) atoms. The average Bonchev–Trinajstić information content (AvgIpc) is 3.58. The molecule has 0 radical (unpaired) electrons. The summed E-state index contributed by atoms with van der Waals surface area (Å²) < 4.78 is 2.36. The molecular weight excluding hydrogens is 645 g/mol. The molecule has 2 heterocycles. The summed E-state index contributed by atoms with van der Waals surface area (Å²) in [6.07, 6.45) is -0.418. The highest BCUT2D eigenvalue weighted by Crippen LogP contribution is 2.34. The summed E-state index contributed by atoms with van der Waals surface area (Å²) in [5, 5.41) is 8.45. The van der Waals surface area contributed by atoms with Crippen molar-refractivity contribution >= 4 is 44.2 Å². The van der Waals surface area contributed by atoms with E-state index in [4.69, 9.17) is 9.98 Å². The number of benzene rings is 8. The molecule has 0 saturated heterocycles. The van der Waals surface area contributed by atoms with Gasteiger partial charge in [0.1, 0.15) is 11.7 Å². The zero-order valence-corrected chi connectivity index (χ0v) is 28.9. The number of aromatic nitrogens is 1. The van der Waals surface area contributed by atoms with Crippen molar-refractivity contribution in [2.24, 2.45) is 9.98 Å². The first kappa shape index (κ1) is 30.8. The van der Waals surface area contributed by atoms with E-state index < -0.39 is 6.17 Å². The van der Waals surface area contributed by atoms with Crippen molar-refractivity contribution in [3.63, 3.8) is 0 Å². The van der Waals surface area contributed by atoms with Gasteiger partial charge in [-0.3, -0.25) is 0 Å². The van der Waals surface area contributed by atoms with Gasteiger partial charge in [0.15, 0.2) is 6.17 Å². The van der Waals surface area contributed by atoms with Crippen molar-refractivity contribution in [1.82, 2.24) is 9.88 Å². The maximum Gasteiger partial charge on any atom is 0.169 e. The molecule has 1 N–H and O–H groups in total. The Labute approximate surface area is 308 Å². The zero-order chi connectivity index (χ0) is 35.1. The lowest BCUT2D eigenvalue weighted by molar-refractivity contribution is 0.756. The number of amidine groups is 2. The number of hydrogen-bond acceptors (Lipinski definition) is 3. The maximum absolute atomic E-state index is 5.25. The Kier molecular flexibility index (Phi) is 7.51. The van der Waals surface area contributed by atoms with Crippen molar-refractivity contribution in [3.05, 3.63) is 211 Å². The summed E-state index contributed by atoms with van der Waals surface area (Å²) in [6, 6.07) is 68.8. The van der Waals surface area contributed by atoms with Gasteiger partial charge < -0.3 is 9.88 Å². The summed E-state index contributed by atoms with van der Waals surface area (Å²) in [7, 11) is 0. The van der Waals surface area contributed by atoms with Crippen LogP contribution in [0.3, 0.4) is 0 Å². The van der Waals surface area contributed by atoms with Crippen LogP contribution < -0.4 is 5.32 Å². The third-order valence-corrected chi connectivity index (χ3v) is 10.2. The SMILES string of the molecule is c1ccc(C2=NC(c3cccc(-c4cccc(-n5c6ccccc6c6ccccc65)c4)c3)N=C(c3ccc4cc(-c5ccccc5)ccc4c3)N2)cc1. The van der Waals surface area contributed by atoms with Gasteiger partial charge in [0.25, 0.3) is 0 Å². The normalized spacial score (nSPS) is 14.2. The van der Waals surface area contributed by atoms with Crippen molar-refractivity contribution in [3.8, 4) is 27.9 Å². The molecule has 1 unspecified atom stereocenters. The van der Waals surface area contributed by atoms with E-state index in [9.17, 15) is 0 Å². The molecule has 0 fully saturated rings. The van der Waals surface area contributed by atoms with E-state index in [1.807, 2.05) is 18.2 Å². The second-order valence-corrected chi connectivity index (χ2v) is 13.5. The van der Waals surface area contributed by atoms with Crippen molar-refractivity contribution < 1.29 is 0 Å². The molecule has 0 aliphatic carbocycles. The van der Waals surface area contributed by atoms with Crippen LogP contribution in [0.25, 0.3) is 60.5 Å². The molecule has 1 atom stereocenters. The summed E-state index contributed by atoms with van der Waals surface area (Å²) >= 11 is 0. The Morgan fingerprint density at radius 1 is 0.377 bits per heavy atom. The van der Waals surface area contributed by atoms with E-state index in [1.54, 1.807) is 0 Å². The molecule has 250 valence electrons. The zero-order valence-electron chi connectivity index (χ0n) is 28.9. The largest absolute Gasteiger partial charge is 0.324 e. The number of nitrogens with zero attached hydrogens (tertiary/aromatic N) is 3. The highest BCUT2D eigenvalue weighted by atomic mass is 15.2. The monoisotopic (exact) mass is 678 g/mol. The van der Waals surface area contributed by atoms with Crippen LogP contribution in [-0.4, -0.2) is 16.2 Å². The Morgan fingerprint density at radius 2 is 0.887 bits per heavy atom. The third kappa shape index (κ3) is 5.67. The van der Waals surface area contributed by atoms with E-state index in [0.29, 0.717) is 0 Å². The number of para-hydroxylation sites is 2. The standard InChI is InChI=1S/C49H34N4/c1-3-13-33(14-4-1)37-25-26-39-31-41(28-27-38(39)29-37)49-51-47(34-15-5-2-6-16-34)50-48(52-49)40-19-11-17-35(30-40)36-18-12-20-42(32-36)53-45-23-9-7-21-43(45)44-22-8-10-24-46(44)53/h1-32,48H,(H,50,51,52). The Morgan fingerprint density at radius 3 is 1.58 bits per heavy atom. The van der Waals surface area contributed by atoms with Gasteiger partial charge in [-0.05, 0) is 81.1 Å².